The molecule has 0 aromatic heterocycles. The molecule has 1 aromatic carbocycles. The molecule has 2 nitrogen and oxygen atoms in total. The summed E-state index contributed by atoms with van der Waals surface area (Å²) in [4.78, 5) is -0.468. The number of benzene rings is 1. The van der Waals surface area contributed by atoms with Gasteiger partial charge in [-0.15, -0.1) is 23.2 Å². The predicted octanol–water partition coefficient (Wildman–Crippen LogP) is 2.61. The van der Waals surface area contributed by atoms with Crippen LogP contribution in [0.1, 0.15) is 0 Å². The minimum Gasteiger partial charge on any atom is -0.506 e. The fraction of sp³-hybridized carbons (Fsp3) is 0.250. The van der Waals surface area contributed by atoms with Crippen molar-refractivity contribution in [2.45, 2.75) is 4.84 Å². The van der Waals surface area contributed by atoms with Crippen molar-refractivity contribution in [2.24, 2.45) is 0 Å². The van der Waals surface area contributed by atoms with E-state index in [4.69, 9.17) is 23.2 Å². The number of anilines is 1. The van der Waals surface area contributed by atoms with Gasteiger partial charge in [0.05, 0.1) is 5.69 Å². The minimum absolute atomic E-state index is 0.200. The Morgan fingerprint density at radius 1 is 1.33 bits per heavy atom. The first-order valence-electron chi connectivity index (χ1n) is 3.50. The maximum Gasteiger partial charge on any atom is 0.138 e. The maximum absolute atomic E-state index is 9.27. The van der Waals surface area contributed by atoms with Crippen LogP contribution in [-0.4, -0.2) is 16.5 Å². The van der Waals surface area contributed by atoms with Gasteiger partial charge in [-0.05, 0) is 12.1 Å². The molecule has 66 valence electrons. The second-order valence-corrected chi connectivity index (χ2v) is 3.57. The van der Waals surface area contributed by atoms with Crippen LogP contribution in [0.2, 0.25) is 0 Å². The predicted molar refractivity (Wildman–Crippen MR) is 52.1 cm³/mol. The van der Waals surface area contributed by atoms with Gasteiger partial charge in [0.1, 0.15) is 10.6 Å². The third-order valence-corrected chi connectivity index (χ3v) is 1.66. The Labute approximate surface area is 81.1 Å². The lowest BCUT2D eigenvalue weighted by molar-refractivity contribution is 0.477. The molecule has 1 aromatic rings. The number of hydrogen-bond donors (Lipinski definition) is 2. The van der Waals surface area contributed by atoms with E-state index < -0.39 is 4.84 Å². The Balaban J connectivity index is 2.57. The smallest absolute Gasteiger partial charge is 0.138 e. The van der Waals surface area contributed by atoms with Gasteiger partial charge in [0.2, 0.25) is 0 Å². The Bertz CT molecular complexity index is 253. The van der Waals surface area contributed by atoms with Crippen LogP contribution in [0.3, 0.4) is 0 Å². The van der Waals surface area contributed by atoms with Crippen LogP contribution < -0.4 is 5.32 Å². The molecule has 4 heteroatoms. The lowest BCUT2D eigenvalue weighted by Crippen LogP contribution is -2.08. The van der Waals surface area contributed by atoms with Crippen LogP contribution >= 0.6 is 23.2 Å². The second kappa shape index (κ2) is 4.43. The summed E-state index contributed by atoms with van der Waals surface area (Å²) in [5, 5.41) is 12.2. The van der Waals surface area contributed by atoms with Gasteiger partial charge in [0.25, 0.3) is 0 Å². The maximum atomic E-state index is 9.27. The van der Waals surface area contributed by atoms with E-state index in [-0.39, 0.29) is 5.75 Å². The van der Waals surface area contributed by atoms with Gasteiger partial charge >= 0.3 is 0 Å². The van der Waals surface area contributed by atoms with Gasteiger partial charge in [0, 0.05) is 6.54 Å². The van der Waals surface area contributed by atoms with E-state index in [0.717, 1.165) is 0 Å². The molecule has 0 spiro atoms. The molecule has 0 aliphatic heterocycles. The van der Waals surface area contributed by atoms with E-state index in [1.807, 2.05) is 6.07 Å². The summed E-state index contributed by atoms with van der Waals surface area (Å²) >= 11 is 11.0. The zero-order valence-corrected chi connectivity index (χ0v) is 7.81. The van der Waals surface area contributed by atoms with Crippen LogP contribution in [0.25, 0.3) is 0 Å². The lowest BCUT2D eigenvalue weighted by Gasteiger charge is -2.07. The van der Waals surface area contributed by atoms with Crippen molar-refractivity contribution in [1.82, 2.24) is 0 Å². The fourth-order valence-corrected chi connectivity index (χ4v) is 0.965. The number of halogens is 2. The van der Waals surface area contributed by atoms with E-state index in [9.17, 15) is 5.11 Å². The molecule has 0 saturated heterocycles. The fourth-order valence-electron chi connectivity index (χ4n) is 0.810. The van der Waals surface area contributed by atoms with E-state index in [1.54, 1.807) is 18.2 Å². The molecule has 0 saturated carbocycles. The molecular formula is C8H9Cl2NO. The first-order chi connectivity index (χ1) is 5.70. The monoisotopic (exact) mass is 205 g/mol. The standard InChI is InChI=1S/C8H9Cl2NO/c9-8(10)5-11-6-3-1-2-4-7(6)12/h1-4,8,11-12H,5H2. The summed E-state index contributed by atoms with van der Waals surface area (Å²) in [6.45, 7) is 0.417. The molecule has 0 aliphatic carbocycles. The van der Waals surface area contributed by atoms with E-state index in [1.165, 1.54) is 0 Å². The average molecular weight is 206 g/mol. The molecule has 0 bridgehead atoms. The highest BCUT2D eigenvalue weighted by atomic mass is 35.5. The third kappa shape index (κ3) is 2.80. The van der Waals surface area contributed by atoms with E-state index in [2.05, 4.69) is 5.32 Å². The summed E-state index contributed by atoms with van der Waals surface area (Å²) in [7, 11) is 0. The number of alkyl halides is 2. The van der Waals surface area contributed by atoms with Gasteiger partial charge in [-0.1, -0.05) is 12.1 Å². The Hall–Kier alpha value is -0.600. The Morgan fingerprint density at radius 3 is 2.58 bits per heavy atom. The highest BCUT2D eigenvalue weighted by Gasteiger charge is 2.01. The highest BCUT2D eigenvalue weighted by Crippen LogP contribution is 2.21. The Morgan fingerprint density at radius 2 is 2.00 bits per heavy atom. The van der Waals surface area contributed by atoms with Gasteiger partial charge in [-0.25, -0.2) is 0 Å². The van der Waals surface area contributed by atoms with Crippen LogP contribution in [0.5, 0.6) is 5.75 Å². The molecule has 0 heterocycles. The minimum atomic E-state index is -0.468. The number of nitrogens with one attached hydrogen (secondary N) is 1. The molecule has 12 heavy (non-hydrogen) atoms. The molecule has 0 amide bonds. The van der Waals surface area contributed by atoms with Gasteiger partial charge < -0.3 is 10.4 Å². The number of hydrogen-bond acceptors (Lipinski definition) is 2. The topological polar surface area (TPSA) is 32.3 Å². The quantitative estimate of drug-likeness (QED) is 0.588. The molecule has 0 radical (unpaired) electrons. The van der Waals surface area contributed by atoms with Crippen molar-refractivity contribution < 1.29 is 5.11 Å². The second-order valence-electron chi connectivity index (χ2n) is 2.29. The average Bonchev–Trinajstić information content (AvgIpc) is 2.03. The van der Waals surface area contributed by atoms with Crippen LogP contribution in [0.4, 0.5) is 5.69 Å². The number of aromatic hydroxyl groups is 1. The SMILES string of the molecule is Oc1ccccc1NCC(Cl)Cl. The third-order valence-electron chi connectivity index (χ3n) is 1.35. The number of phenolic OH excluding ortho intramolecular Hbond substituents is 1. The number of para-hydroxylation sites is 2. The van der Waals surface area contributed by atoms with E-state index >= 15 is 0 Å². The summed E-state index contributed by atoms with van der Waals surface area (Å²) in [5.74, 6) is 0.200. The zero-order valence-electron chi connectivity index (χ0n) is 6.30. The molecule has 2 N–H and O–H groups in total. The summed E-state index contributed by atoms with van der Waals surface area (Å²) in [5.41, 5.74) is 0.642. The molecular weight excluding hydrogens is 197 g/mol. The largest absolute Gasteiger partial charge is 0.506 e. The van der Waals surface area contributed by atoms with Crippen LogP contribution in [0.15, 0.2) is 24.3 Å². The van der Waals surface area contributed by atoms with Crippen LogP contribution in [0, 0.1) is 0 Å². The van der Waals surface area contributed by atoms with Gasteiger partial charge in [0.15, 0.2) is 0 Å². The molecule has 1 rings (SSSR count). The van der Waals surface area contributed by atoms with Crippen LogP contribution in [-0.2, 0) is 0 Å². The first kappa shape index (κ1) is 9.49. The van der Waals surface area contributed by atoms with Gasteiger partial charge in [-0.3, -0.25) is 0 Å². The zero-order chi connectivity index (χ0) is 8.97. The van der Waals surface area contributed by atoms with Crippen molar-refractivity contribution in [1.29, 1.82) is 0 Å². The number of phenols is 1. The summed E-state index contributed by atoms with van der Waals surface area (Å²) in [6.07, 6.45) is 0. The molecule has 0 fully saturated rings. The Kier molecular flexibility index (Phi) is 3.50. The lowest BCUT2D eigenvalue weighted by atomic mass is 10.3. The van der Waals surface area contributed by atoms with Gasteiger partial charge in [-0.2, -0.15) is 0 Å². The van der Waals surface area contributed by atoms with Crippen molar-refractivity contribution in [3.05, 3.63) is 24.3 Å². The number of rotatable bonds is 3. The highest BCUT2D eigenvalue weighted by molar-refractivity contribution is 6.44. The molecule has 0 aliphatic rings. The first-order valence-corrected chi connectivity index (χ1v) is 4.37. The molecule has 0 atom stereocenters. The van der Waals surface area contributed by atoms with Crippen molar-refractivity contribution in [3.8, 4) is 5.75 Å². The van der Waals surface area contributed by atoms with Crippen molar-refractivity contribution >= 4 is 28.9 Å². The van der Waals surface area contributed by atoms with E-state index in [0.29, 0.717) is 12.2 Å². The van der Waals surface area contributed by atoms with Crippen molar-refractivity contribution in [2.75, 3.05) is 11.9 Å². The normalized spacial score (nSPS) is 10.2. The molecule has 0 unspecified atom stereocenters. The van der Waals surface area contributed by atoms with Crippen molar-refractivity contribution in [3.63, 3.8) is 0 Å². The summed E-state index contributed by atoms with van der Waals surface area (Å²) < 4.78 is 0. The summed E-state index contributed by atoms with van der Waals surface area (Å²) in [6, 6.07) is 6.92.